The molecule has 16 heavy (non-hydrogen) atoms. The van der Waals surface area contributed by atoms with Crippen molar-refractivity contribution < 1.29 is 23.8 Å². The van der Waals surface area contributed by atoms with Crippen molar-refractivity contribution in [2.24, 2.45) is 0 Å². The Kier molecular flexibility index (Phi) is 3.12. The predicted octanol–water partition coefficient (Wildman–Crippen LogP) is 1.08. The quantitative estimate of drug-likeness (QED) is 0.759. The summed E-state index contributed by atoms with van der Waals surface area (Å²) < 4.78 is 29.4. The first-order valence-corrected chi connectivity index (χ1v) is 4.80. The Hall–Kier alpha value is -1.53. The van der Waals surface area contributed by atoms with Crippen molar-refractivity contribution in [2.75, 3.05) is 20.3 Å². The SMILES string of the molecule is COc1cc2c(c(CNO)c1F)OCCO2. The van der Waals surface area contributed by atoms with Gasteiger partial charge in [-0.25, -0.2) is 9.87 Å². The van der Waals surface area contributed by atoms with Crippen LogP contribution < -0.4 is 19.7 Å². The van der Waals surface area contributed by atoms with Gasteiger partial charge in [-0.3, -0.25) is 0 Å². The smallest absolute Gasteiger partial charge is 0.173 e. The molecule has 0 amide bonds. The van der Waals surface area contributed by atoms with Crippen LogP contribution >= 0.6 is 0 Å². The summed E-state index contributed by atoms with van der Waals surface area (Å²) >= 11 is 0. The van der Waals surface area contributed by atoms with E-state index in [-0.39, 0.29) is 17.9 Å². The highest BCUT2D eigenvalue weighted by Crippen LogP contribution is 2.40. The third-order valence-corrected chi connectivity index (χ3v) is 2.30. The van der Waals surface area contributed by atoms with Crippen LogP contribution in [0.3, 0.4) is 0 Å². The number of rotatable bonds is 3. The number of hydrogen-bond donors (Lipinski definition) is 2. The lowest BCUT2D eigenvalue weighted by Gasteiger charge is -2.22. The molecule has 1 heterocycles. The first-order chi connectivity index (χ1) is 7.77. The van der Waals surface area contributed by atoms with Gasteiger partial charge in [0.15, 0.2) is 23.1 Å². The molecule has 0 aromatic heterocycles. The van der Waals surface area contributed by atoms with Gasteiger partial charge in [0.25, 0.3) is 0 Å². The van der Waals surface area contributed by atoms with Crippen molar-refractivity contribution in [2.45, 2.75) is 6.54 Å². The van der Waals surface area contributed by atoms with E-state index in [1.807, 2.05) is 5.48 Å². The number of benzene rings is 1. The molecule has 2 rings (SSSR count). The molecule has 0 bridgehead atoms. The molecular formula is C10H12FNO4. The van der Waals surface area contributed by atoms with Crippen LogP contribution in [0.25, 0.3) is 0 Å². The van der Waals surface area contributed by atoms with E-state index < -0.39 is 5.82 Å². The molecule has 88 valence electrons. The Morgan fingerprint density at radius 2 is 2.25 bits per heavy atom. The Morgan fingerprint density at radius 1 is 1.50 bits per heavy atom. The molecule has 5 nitrogen and oxygen atoms in total. The number of methoxy groups -OCH3 is 1. The molecule has 0 atom stereocenters. The van der Waals surface area contributed by atoms with E-state index in [1.165, 1.54) is 13.2 Å². The van der Waals surface area contributed by atoms with Crippen LogP contribution in [0.2, 0.25) is 0 Å². The summed E-state index contributed by atoms with van der Waals surface area (Å²) in [6, 6.07) is 1.44. The molecule has 0 saturated heterocycles. The van der Waals surface area contributed by atoms with Crippen molar-refractivity contribution in [3.63, 3.8) is 0 Å². The lowest BCUT2D eigenvalue weighted by atomic mass is 10.1. The largest absolute Gasteiger partial charge is 0.494 e. The maximum atomic E-state index is 13.8. The molecule has 1 aromatic rings. The lowest BCUT2D eigenvalue weighted by Crippen LogP contribution is -2.19. The number of ether oxygens (including phenoxy) is 3. The number of fused-ring (bicyclic) bond motifs is 1. The van der Waals surface area contributed by atoms with Crippen molar-refractivity contribution in [3.8, 4) is 17.2 Å². The van der Waals surface area contributed by atoms with E-state index in [9.17, 15) is 4.39 Å². The number of hydroxylamine groups is 1. The fraction of sp³-hybridized carbons (Fsp3) is 0.400. The van der Waals surface area contributed by atoms with Crippen LogP contribution in [0.5, 0.6) is 17.2 Å². The Labute approximate surface area is 91.7 Å². The van der Waals surface area contributed by atoms with Crippen LogP contribution in [0.4, 0.5) is 4.39 Å². The van der Waals surface area contributed by atoms with Crippen molar-refractivity contribution >= 4 is 0 Å². The van der Waals surface area contributed by atoms with Gasteiger partial charge in [-0.15, -0.1) is 0 Å². The van der Waals surface area contributed by atoms with Gasteiger partial charge in [-0.05, 0) is 0 Å². The number of halogens is 1. The second-order valence-corrected chi connectivity index (χ2v) is 3.23. The lowest BCUT2D eigenvalue weighted by molar-refractivity contribution is 0.147. The average molecular weight is 229 g/mol. The van der Waals surface area contributed by atoms with Crippen molar-refractivity contribution in [3.05, 3.63) is 17.4 Å². The Morgan fingerprint density at radius 3 is 2.94 bits per heavy atom. The standard InChI is InChI=1S/C10H12FNO4/c1-14-7-4-8-10(16-3-2-15-8)6(5-12-13)9(7)11/h4,12-13H,2-3,5H2,1H3. The van der Waals surface area contributed by atoms with Gasteiger partial charge in [0.1, 0.15) is 13.2 Å². The zero-order chi connectivity index (χ0) is 11.5. The number of nitrogens with one attached hydrogen (secondary N) is 1. The highest BCUT2D eigenvalue weighted by Gasteiger charge is 2.23. The minimum absolute atomic E-state index is 0.0644. The number of hydrogen-bond acceptors (Lipinski definition) is 5. The van der Waals surface area contributed by atoms with E-state index >= 15 is 0 Å². The molecule has 0 spiro atoms. The molecule has 1 aliphatic heterocycles. The molecule has 0 fully saturated rings. The van der Waals surface area contributed by atoms with E-state index in [4.69, 9.17) is 19.4 Å². The summed E-state index contributed by atoms with van der Waals surface area (Å²) in [5.74, 6) is 0.239. The van der Waals surface area contributed by atoms with Crippen LogP contribution in [0, 0.1) is 5.82 Å². The van der Waals surface area contributed by atoms with E-state index in [0.29, 0.717) is 24.7 Å². The maximum Gasteiger partial charge on any atom is 0.173 e. The zero-order valence-corrected chi connectivity index (χ0v) is 8.75. The molecule has 0 saturated carbocycles. The van der Waals surface area contributed by atoms with Crippen molar-refractivity contribution in [1.29, 1.82) is 0 Å². The van der Waals surface area contributed by atoms with Gasteiger partial charge in [0.05, 0.1) is 19.2 Å². The molecule has 2 N–H and O–H groups in total. The van der Waals surface area contributed by atoms with E-state index in [1.54, 1.807) is 0 Å². The van der Waals surface area contributed by atoms with Crippen LogP contribution in [0.1, 0.15) is 5.56 Å². The zero-order valence-electron chi connectivity index (χ0n) is 8.75. The normalized spacial score (nSPS) is 13.7. The highest BCUT2D eigenvalue weighted by atomic mass is 19.1. The van der Waals surface area contributed by atoms with Gasteiger partial charge in [-0.2, -0.15) is 0 Å². The van der Waals surface area contributed by atoms with E-state index in [2.05, 4.69) is 0 Å². The van der Waals surface area contributed by atoms with Crippen molar-refractivity contribution in [1.82, 2.24) is 5.48 Å². The molecule has 1 aliphatic rings. The molecule has 6 heteroatoms. The fourth-order valence-corrected chi connectivity index (χ4v) is 1.59. The van der Waals surface area contributed by atoms with Gasteiger partial charge < -0.3 is 19.4 Å². The third kappa shape index (κ3) is 1.77. The van der Waals surface area contributed by atoms with Crippen LogP contribution in [-0.4, -0.2) is 25.5 Å². The van der Waals surface area contributed by atoms with E-state index in [0.717, 1.165) is 0 Å². The summed E-state index contributed by atoms with van der Waals surface area (Å²) in [5, 5.41) is 8.66. The van der Waals surface area contributed by atoms with Crippen LogP contribution in [-0.2, 0) is 6.54 Å². The third-order valence-electron chi connectivity index (χ3n) is 2.30. The van der Waals surface area contributed by atoms with Gasteiger partial charge in [-0.1, -0.05) is 0 Å². The molecular weight excluding hydrogens is 217 g/mol. The molecule has 0 radical (unpaired) electrons. The predicted molar refractivity (Wildman–Crippen MR) is 52.6 cm³/mol. The summed E-state index contributed by atoms with van der Waals surface area (Å²) in [4.78, 5) is 0. The Balaban J connectivity index is 2.52. The highest BCUT2D eigenvalue weighted by molar-refractivity contribution is 5.53. The summed E-state index contributed by atoms with van der Waals surface area (Å²) in [6.07, 6.45) is 0. The maximum absolute atomic E-state index is 13.8. The first-order valence-electron chi connectivity index (χ1n) is 4.80. The monoisotopic (exact) mass is 229 g/mol. The molecule has 0 aliphatic carbocycles. The fourth-order valence-electron chi connectivity index (χ4n) is 1.59. The summed E-state index contributed by atoms with van der Waals surface area (Å²) in [6.45, 7) is 0.694. The molecule has 0 unspecified atom stereocenters. The summed E-state index contributed by atoms with van der Waals surface area (Å²) in [7, 11) is 1.37. The first kappa shape index (κ1) is 11.0. The topological polar surface area (TPSA) is 60.0 Å². The minimum Gasteiger partial charge on any atom is -0.494 e. The Bertz CT molecular complexity index is 397. The molecule has 1 aromatic carbocycles. The van der Waals surface area contributed by atoms with Gasteiger partial charge in [0, 0.05) is 6.07 Å². The van der Waals surface area contributed by atoms with Crippen LogP contribution in [0.15, 0.2) is 6.07 Å². The van der Waals surface area contributed by atoms with Gasteiger partial charge in [0.2, 0.25) is 0 Å². The second kappa shape index (κ2) is 4.54. The average Bonchev–Trinajstić information content (AvgIpc) is 2.32. The summed E-state index contributed by atoms with van der Waals surface area (Å²) in [5.41, 5.74) is 2.09. The van der Waals surface area contributed by atoms with Gasteiger partial charge >= 0.3 is 0 Å². The minimum atomic E-state index is -0.562. The second-order valence-electron chi connectivity index (χ2n) is 3.23.